The normalized spacial score (nSPS) is 30.3. The van der Waals surface area contributed by atoms with E-state index in [1.807, 2.05) is 12.1 Å². The van der Waals surface area contributed by atoms with Crippen LogP contribution in [0.4, 0.5) is 13.2 Å². The third-order valence-electron chi connectivity index (χ3n) is 6.61. The quantitative estimate of drug-likeness (QED) is 0.580. The van der Waals surface area contributed by atoms with Crippen molar-refractivity contribution in [3.63, 3.8) is 0 Å². The summed E-state index contributed by atoms with van der Waals surface area (Å²) in [5, 5.41) is 0. The van der Waals surface area contributed by atoms with Gasteiger partial charge in [0, 0.05) is 10.2 Å². The fourth-order valence-corrected chi connectivity index (χ4v) is 6.04. The molecule has 2 aliphatic carbocycles. The molecule has 0 bridgehead atoms. The van der Waals surface area contributed by atoms with Crippen molar-refractivity contribution in [2.24, 2.45) is 17.8 Å². The molecular formula is C21H31F3OSi. The van der Waals surface area contributed by atoms with Crippen molar-refractivity contribution in [1.29, 1.82) is 0 Å². The fraction of sp³-hybridized carbons (Fsp3) is 0.714. The van der Waals surface area contributed by atoms with E-state index in [1.54, 1.807) is 0 Å². The number of rotatable bonds is 5. The molecule has 2 fully saturated rings. The summed E-state index contributed by atoms with van der Waals surface area (Å²) in [6, 6.07) is 7.98. The molecule has 2 aliphatic rings. The van der Waals surface area contributed by atoms with Gasteiger partial charge in [-0.2, -0.15) is 0 Å². The number of benzene rings is 1. The Morgan fingerprint density at radius 3 is 1.88 bits per heavy atom. The molecule has 0 saturated heterocycles. The number of hydrogen-bond acceptors (Lipinski definition) is 1. The summed E-state index contributed by atoms with van der Waals surface area (Å²) in [5.41, 5.74) is 1.16. The molecule has 0 unspecified atom stereocenters. The van der Waals surface area contributed by atoms with E-state index in [4.69, 9.17) is 0 Å². The van der Waals surface area contributed by atoms with Crippen molar-refractivity contribution in [2.45, 2.75) is 76.1 Å². The standard InChI is InChI=1S/C21H31F3OSi/c22-21(23,24)25-20-11-9-19(10-12-20)18-7-5-17(6-8-18)16-3-1-15(2-4-16)13-14-26/h9-12,15-18H,1-8,13-14H2,26H3/t15-,16-,17-,18-. The van der Waals surface area contributed by atoms with Gasteiger partial charge in [-0.3, -0.25) is 0 Å². The minimum Gasteiger partial charge on any atom is -0.406 e. The molecule has 2 saturated carbocycles. The smallest absolute Gasteiger partial charge is 0.406 e. The molecule has 1 nitrogen and oxygen atoms in total. The summed E-state index contributed by atoms with van der Waals surface area (Å²) in [4.78, 5) is 0. The molecule has 0 spiro atoms. The molecule has 3 rings (SSSR count). The summed E-state index contributed by atoms with van der Waals surface area (Å²) in [7, 11) is 1.34. The van der Waals surface area contributed by atoms with E-state index in [0.29, 0.717) is 5.92 Å². The van der Waals surface area contributed by atoms with Crippen LogP contribution in [0.15, 0.2) is 24.3 Å². The second-order valence-corrected chi connectivity index (χ2v) is 9.30. The summed E-state index contributed by atoms with van der Waals surface area (Å²) in [6.45, 7) is 0. The molecule has 0 N–H and O–H groups in total. The van der Waals surface area contributed by atoms with Crippen LogP contribution < -0.4 is 4.74 Å². The van der Waals surface area contributed by atoms with Crippen LogP contribution in [-0.2, 0) is 0 Å². The summed E-state index contributed by atoms with van der Waals surface area (Å²) in [6.07, 6.45) is 7.46. The van der Waals surface area contributed by atoms with E-state index >= 15 is 0 Å². The average molecular weight is 385 g/mol. The van der Waals surface area contributed by atoms with Crippen LogP contribution in [0.25, 0.3) is 0 Å². The first kappa shape index (κ1) is 19.8. The largest absolute Gasteiger partial charge is 0.573 e. The third kappa shape index (κ3) is 5.51. The maximum absolute atomic E-state index is 12.3. The van der Waals surface area contributed by atoms with Gasteiger partial charge in [0.15, 0.2) is 0 Å². The SMILES string of the molecule is FC(F)(F)Oc1ccc([C@H]2CC[C@H]([C@H]3CC[C@H](CC[SiH3])CC3)CC2)cc1. The highest BCUT2D eigenvalue weighted by atomic mass is 28.1. The van der Waals surface area contributed by atoms with E-state index in [9.17, 15) is 13.2 Å². The Bertz CT molecular complexity index is 541. The van der Waals surface area contributed by atoms with E-state index in [1.165, 1.54) is 86.2 Å². The molecule has 0 aliphatic heterocycles. The molecule has 0 atom stereocenters. The van der Waals surface area contributed by atoms with E-state index in [-0.39, 0.29) is 5.75 Å². The lowest BCUT2D eigenvalue weighted by Crippen LogP contribution is -2.25. The molecule has 26 heavy (non-hydrogen) atoms. The van der Waals surface area contributed by atoms with E-state index in [2.05, 4.69) is 4.74 Å². The van der Waals surface area contributed by atoms with Crippen molar-refractivity contribution >= 4 is 10.2 Å². The topological polar surface area (TPSA) is 9.23 Å². The molecule has 0 amide bonds. The zero-order valence-corrected chi connectivity index (χ0v) is 17.7. The number of hydrogen-bond donors (Lipinski definition) is 0. The summed E-state index contributed by atoms with van der Waals surface area (Å²) >= 11 is 0. The van der Waals surface area contributed by atoms with Gasteiger partial charge in [0.25, 0.3) is 0 Å². The highest BCUT2D eigenvalue weighted by Gasteiger charge is 2.32. The second kappa shape index (κ2) is 8.81. The molecule has 1 aromatic rings. The Morgan fingerprint density at radius 1 is 0.846 bits per heavy atom. The van der Waals surface area contributed by atoms with Crippen molar-refractivity contribution in [3.8, 4) is 5.75 Å². The van der Waals surface area contributed by atoms with E-state index in [0.717, 1.165) is 23.3 Å². The third-order valence-corrected chi connectivity index (χ3v) is 7.19. The highest BCUT2D eigenvalue weighted by molar-refractivity contribution is 6.08. The monoisotopic (exact) mass is 384 g/mol. The molecule has 5 heteroatoms. The Labute approximate surface area is 158 Å². The molecule has 0 radical (unpaired) electrons. The zero-order valence-electron chi connectivity index (χ0n) is 15.7. The van der Waals surface area contributed by atoms with Crippen molar-refractivity contribution < 1.29 is 17.9 Å². The van der Waals surface area contributed by atoms with Crippen LogP contribution in [-0.4, -0.2) is 16.6 Å². The van der Waals surface area contributed by atoms with Crippen LogP contribution in [0.3, 0.4) is 0 Å². The van der Waals surface area contributed by atoms with Gasteiger partial charge < -0.3 is 4.74 Å². The number of halogens is 3. The van der Waals surface area contributed by atoms with Crippen molar-refractivity contribution in [1.82, 2.24) is 0 Å². The van der Waals surface area contributed by atoms with Gasteiger partial charge in [0.2, 0.25) is 0 Å². The average Bonchev–Trinajstić information content (AvgIpc) is 2.62. The molecule has 1 aromatic carbocycles. The highest BCUT2D eigenvalue weighted by Crippen LogP contribution is 2.44. The molecule has 0 aromatic heterocycles. The second-order valence-electron chi connectivity index (χ2n) is 8.30. The fourth-order valence-electron chi connectivity index (χ4n) is 5.22. The summed E-state index contributed by atoms with van der Waals surface area (Å²) < 4.78 is 40.8. The van der Waals surface area contributed by atoms with Gasteiger partial charge in [-0.1, -0.05) is 37.4 Å². The lowest BCUT2D eigenvalue weighted by Gasteiger charge is -2.38. The minimum absolute atomic E-state index is 0.124. The first-order chi connectivity index (χ1) is 12.4. The van der Waals surface area contributed by atoms with Crippen molar-refractivity contribution in [2.75, 3.05) is 0 Å². The molecular weight excluding hydrogens is 353 g/mol. The minimum atomic E-state index is -4.61. The lowest BCUT2D eigenvalue weighted by atomic mass is 9.68. The van der Waals surface area contributed by atoms with Gasteiger partial charge in [-0.25, -0.2) is 0 Å². The molecule has 0 heterocycles. The maximum atomic E-state index is 12.3. The van der Waals surface area contributed by atoms with Crippen LogP contribution in [0, 0.1) is 17.8 Å². The van der Waals surface area contributed by atoms with Gasteiger partial charge >= 0.3 is 6.36 Å². The van der Waals surface area contributed by atoms with E-state index < -0.39 is 6.36 Å². The van der Waals surface area contributed by atoms with Crippen LogP contribution >= 0.6 is 0 Å². The predicted octanol–water partition coefficient (Wildman–Crippen LogP) is 5.84. The Morgan fingerprint density at radius 2 is 1.38 bits per heavy atom. The molecule has 146 valence electrons. The first-order valence-electron chi connectivity index (χ1n) is 10.3. The van der Waals surface area contributed by atoms with Crippen molar-refractivity contribution in [3.05, 3.63) is 29.8 Å². The number of ether oxygens (including phenoxy) is 1. The van der Waals surface area contributed by atoms with Crippen LogP contribution in [0.1, 0.15) is 69.3 Å². The zero-order chi connectivity index (χ0) is 18.6. The summed E-state index contributed by atoms with van der Waals surface area (Å²) in [5.74, 6) is 3.16. The van der Waals surface area contributed by atoms with Gasteiger partial charge in [-0.15, -0.1) is 13.2 Å². The predicted molar refractivity (Wildman–Crippen MR) is 103 cm³/mol. The van der Waals surface area contributed by atoms with Gasteiger partial charge in [-0.05, 0) is 79.9 Å². The number of alkyl halides is 3. The van der Waals surface area contributed by atoms with Crippen LogP contribution in [0.2, 0.25) is 6.04 Å². The van der Waals surface area contributed by atoms with Crippen LogP contribution in [0.5, 0.6) is 5.75 Å². The maximum Gasteiger partial charge on any atom is 0.573 e. The van der Waals surface area contributed by atoms with Gasteiger partial charge in [0.05, 0.1) is 0 Å². The first-order valence-corrected chi connectivity index (χ1v) is 11.7. The Balaban J connectivity index is 1.46. The Kier molecular flexibility index (Phi) is 6.70. The Hall–Kier alpha value is -0.973. The van der Waals surface area contributed by atoms with Gasteiger partial charge in [0.1, 0.15) is 5.75 Å². The lowest BCUT2D eigenvalue weighted by molar-refractivity contribution is -0.274.